The summed E-state index contributed by atoms with van der Waals surface area (Å²) in [5, 5.41) is 9.49. The first-order chi connectivity index (χ1) is 11.8. The molecule has 3 rings (SSSR count). The van der Waals surface area contributed by atoms with Crippen molar-refractivity contribution in [2.24, 2.45) is 0 Å². The molecule has 0 saturated heterocycles. The molecule has 2 aromatic carbocycles. The summed E-state index contributed by atoms with van der Waals surface area (Å²) in [4.78, 5) is 1.23. The van der Waals surface area contributed by atoms with Gasteiger partial charge in [0.1, 0.15) is 5.75 Å². The largest absolute Gasteiger partial charge is 0.543 e. The van der Waals surface area contributed by atoms with Crippen LogP contribution < -0.4 is 4.43 Å². The van der Waals surface area contributed by atoms with Gasteiger partial charge in [-0.3, -0.25) is 5.10 Å². The Morgan fingerprint density at radius 3 is 2.60 bits per heavy atom. The Morgan fingerprint density at radius 1 is 1.16 bits per heavy atom. The molecule has 0 aliphatic heterocycles. The zero-order chi connectivity index (χ0) is 18.1. The molecule has 3 aromatic rings. The summed E-state index contributed by atoms with van der Waals surface area (Å²) in [6.45, 7) is 11.4. The second kappa shape index (κ2) is 6.88. The molecule has 0 unspecified atom stereocenters. The molecule has 1 heterocycles. The fraction of sp³-hybridized carbons (Fsp3) is 0.350. The van der Waals surface area contributed by atoms with Crippen molar-refractivity contribution in [3.8, 4) is 5.75 Å². The summed E-state index contributed by atoms with van der Waals surface area (Å²) >= 11 is 1.82. The van der Waals surface area contributed by atoms with Crippen LogP contribution in [0.25, 0.3) is 10.8 Å². The molecule has 0 fully saturated rings. The Morgan fingerprint density at radius 2 is 1.92 bits per heavy atom. The van der Waals surface area contributed by atoms with Crippen LogP contribution in [0.5, 0.6) is 5.75 Å². The highest BCUT2D eigenvalue weighted by Crippen LogP contribution is 2.41. The van der Waals surface area contributed by atoms with Crippen LogP contribution in [0.3, 0.4) is 0 Å². The Labute approximate surface area is 155 Å². The maximum absolute atomic E-state index is 6.66. The van der Waals surface area contributed by atoms with Gasteiger partial charge in [0.2, 0.25) is 0 Å². The van der Waals surface area contributed by atoms with Crippen molar-refractivity contribution in [1.82, 2.24) is 10.2 Å². The van der Waals surface area contributed by atoms with E-state index >= 15 is 0 Å². The highest BCUT2D eigenvalue weighted by Gasteiger charge is 2.39. The fourth-order valence-electron chi connectivity index (χ4n) is 2.37. The summed E-state index contributed by atoms with van der Waals surface area (Å²) in [5.74, 6) is 1.91. The minimum atomic E-state index is -1.89. The van der Waals surface area contributed by atoms with Gasteiger partial charge < -0.3 is 4.43 Å². The summed E-state index contributed by atoms with van der Waals surface area (Å²) < 4.78 is 6.66. The van der Waals surface area contributed by atoms with Gasteiger partial charge in [-0.15, -0.1) is 11.8 Å². The number of nitrogens with zero attached hydrogens (tertiary/aromatic N) is 1. The Hall–Kier alpha value is -1.72. The van der Waals surface area contributed by atoms with Gasteiger partial charge in [0.25, 0.3) is 8.32 Å². The van der Waals surface area contributed by atoms with Crippen LogP contribution in [0, 0.1) is 0 Å². The topological polar surface area (TPSA) is 37.9 Å². The van der Waals surface area contributed by atoms with E-state index in [-0.39, 0.29) is 5.04 Å². The second-order valence-corrected chi connectivity index (χ2v) is 13.7. The van der Waals surface area contributed by atoms with Gasteiger partial charge in [-0.05, 0) is 35.7 Å². The normalized spacial score (nSPS) is 12.5. The monoisotopic (exact) mass is 370 g/mol. The van der Waals surface area contributed by atoms with Crippen molar-refractivity contribution in [2.75, 3.05) is 0 Å². The number of benzene rings is 2. The van der Waals surface area contributed by atoms with Gasteiger partial charge in [-0.1, -0.05) is 45.0 Å². The highest BCUT2D eigenvalue weighted by atomic mass is 32.2. The fourth-order valence-corrected chi connectivity index (χ4v) is 4.28. The Kier molecular flexibility index (Phi) is 4.98. The van der Waals surface area contributed by atoms with Gasteiger partial charge in [-0.2, -0.15) is 5.10 Å². The lowest BCUT2D eigenvalue weighted by atomic mass is 10.1. The maximum Gasteiger partial charge on any atom is 0.250 e. The lowest BCUT2D eigenvalue weighted by Gasteiger charge is -2.37. The predicted octanol–water partition coefficient (Wildman–Crippen LogP) is 6.24. The highest BCUT2D eigenvalue weighted by molar-refractivity contribution is 7.98. The Bertz CT molecular complexity index is 854. The van der Waals surface area contributed by atoms with E-state index in [4.69, 9.17) is 4.43 Å². The standard InChI is InChI=1S/C20H26N2OSSi/c1-20(2,3)25(4,5)23-19-11-17(24-14-15-12-21-22-13-15)10-16-8-6-7-9-18(16)19/h6-13H,14H2,1-5H3,(H,21,22). The van der Waals surface area contributed by atoms with Crippen LogP contribution in [-0.2, 0) is 5.75 Å². The Balaban J connectivity index is 1.95. The summed E-state index contributed by atoms with van der Waals surface area (Å²) in [6.07, 6.45) is 3.82. The van der Waals surface area contributed by atoms with E-state index < -0.39 is 8.32 Å². The van der Waals surface area contributed by atoms with E-state index in [9.17, 15) is 0 Å². The third-order valence-corrected chi connectivity index (χ3v) is 10.3. The van der Waals surface area contributed by atoms with Gasteiger partial charge >= 0.3 is 0 Å². The van der Waals surface area contributed by atoms with E-state index in [1.807, 2.05) is 24.2 Å². The molecule has 5 heteroatoms. The molecule has 0 bridgehead atoms. The quantitative estimate of drug-likeness (QED) is 0.427. The van der Waals surface area contributed by atoms with Crippen LogP contribution in [0.1, 0.15) is 26.3 Å². The third kappa shape index (κ3) is 4.10. The van der Waals surface area contributed by atoms with Gasteiger partial charge in [0.05, 0.1) is 6.20 Å². The van der Waals surface area contributed by atoms with Gasteiger partial charge in [0, 0.05) is 27.8 Å². The van der Waals surface area contributed by atoms with Crippen molar-refractivity contribution >= 4 is 30.9 Å². The molecule has 132 valence electrons. The summed E-state index contributed by atoms with van der Waals surface area (Å²) in [6, 6.07) is 12.9. The molecule has 25 heavy (non-hydrogen) atoms. The average molecular weight is 371 g/mol. The van der Waals surface area contributed by atoms with Crippen molar-refractivity contribution in [2.45, 2.75) is 49.6 Å². The minimum Gasteiger partial charge on any atom is -0.543 e. The number of aromatic amines is 1. The predicted molar refractivity (Wildman–Crippen MR) is 110 cm³/mol. The number of thioether (sulfide) groups is 1. The maximum atomic E-state index is 6.66. The van der Waals surface area contributed by atoms with Gasteiger partial charge in [0.15, 0.2) is 0 Å². The van der Waals surface area contributed by atoms with Gasteiger partial charge in [-0.25, -0.2) is 0 Å². The number of nitrogens with one attached hydrogen (secondary N) is 1. The van der Waals surface area contributed by atoms with Crippen molar-refractivity contribution in [3.05, 3.63) is 54.4 Å². The number of aromatic nitrogens is 2. The molecule has 0 aliphatic rings. The van der Waals surface area contributed by atoms with Crippen LogP contribution >= 0.6 is 11.8 Å². The molecule has 0 aliphatic carbocycles. The van der Waals surface area contributed by atoms with E-state index in [0.717, 1.165) is 11.5 Å². The molecule has 1 N–H and O–H groups in total. The lowest BCUT2D eigenvalue weighted by molar-refractivity contribution is 0.495. The summed E-state index contributed by atoms with van der Waals surface area (Å²) in [7, 11) is -1.89. The van der Waals surface area contributed by atoms with Crippen LogP contribution in [0.2, 0.25) is 18.1 Å². The number of fused-ring (bicyclic) bond motifs is 1. The molecular weight excluding hydrogens is 344 g/mol. The zero-order valence-corrected chi connectivity index (χ0v) is 17.4. The first-order valence-corrected chi connectivity index (χ1v) is 12.5. The number of rotatable bonds is 5. The zero-order valence-electron chi connectivity index (χ0n) is 15.6. The number of hydrogen-bond donors (Lipinski definition) is 1. The molecular formula is C20H26N2OSSi. The van der Waals surface area contributed by atoms with E-state index in [1.165, 1.54) is 21.2 Å². The van der Waals surface area contributed by atoms with Crippen LogP contribution in [0.4, 0.5) is 0 Å². The van der Waals surface area contributed by atoms with Crippen molar-refractivity contribution in [3.63, 3.8) is 0 Å². The van der Waals surface area contributed by atoms with E-state index in [0.29, 0.717) is 0 Å². The third-order valence-electron chi connectivity index (χ3n) is 4.93. The first-order valence-electron chi connectivity index (χ1n) is 8.58. The van der Waals surface area contributed by atoms with Crippen LogP contribution in [-0.4, -0.2) is 18.5 Å². The molecule has 0 spiro atoms. The molecule has 0 saturated carbocycles. The van der Waals surface area contributed by atoms with Crippen molar-refractivity contribution in [1.29, 1.82) is 0 Å². The van der Waals surface area contributed by atoms with E-state index in [1.54, 1.807) is 0 Å². The number of hydrogen-bond acceptors (Lipinski definition) is 3. The number of H-pyrrole nitrogens is 1. The SMILES string of the molecule is CC(C)(C)[Si](C)(C)Oc1cc(SCc2cn[nH]c2)cc2ccccc12. The molecule has 3 nitrogen and oxygen atoms in total. The average Bonchev–Trinajstić information content (AvgIpc) is 3.05. The smallest absolute Gasteiger partial charge is 0.250 e. The van der Waals surface area contributed by atoms with Crippen LogP contribution in [0.15, 0.2) is 53.7 Å². The summed E-state index contributed by atoms with van der Waals surface area (Å²) in [5.41, 5.74) is 1.20. The van der Waals surface area contributed by atoms with Crippen molar-refractivity contribution < 1.29 is 4.43 Å². The molecule has 0 radical (unpaired) electrons. The first kappa shape index (κ1) is 18.1. The lowest BCUT2D eigenvalue weighted by Crippen LogP contribution is -2.43. The second-order valence-electron chi connectivity index (χ2n) is 7.90. The molecule has 0 amide bonds. The van der Waals surface area contributed by atoms with E-state index in [2.05, 4.69) is 80.5 Å². The molecule has 1 aromatic heterocycles. The minimum absolute atomic E-state index is 0.175. The molecule has 0 atom stereocenters.